The van der Waals surface area contributed by atoms with E-state index in [-0.39, 0.29) is 18.2 Å². The fourth-order valence-corrected chi connectivity index (χ4v) is 3.79. The summed E-state index contributed by atoms with van der Waals surface area (Å²) in [7, 11) is 3.21. The lowest BCUT2D eigenvalue weighted by atomic mass is 10.1. The first-order valence-electron chi connectivity index (χ1n) is 9.59. The summed E-state index contributed by atoms with van der Waals surface area (Å²) >= 11 is 0. The molecule has 150 valence electrons. The number of aromatic amines is 1. The van der Waals surface area contributed by atoms with Crippen molar-refractivity contribution in [1.29, 1.82) is 0 Å². The topological polar surface area (TPSA) is 88.2 Å². The van der Waals surface area contributed by atoms with Crippen LogP contribution in [-0.4, -0.2) is 43.6 Å². The number of ether oxygens (including phenoxy) is 2. The fourth-order valence-electron chi connectivity index (χ4n) is 3.79. The molecule has 7 nitrogen and oxygen atoms in total. The van der Waals surface area contributed by atoms with Crippen LogP contribution in [-0.2, 0) is 16.0 Å². The second-order valence-corrected chi connectivity index (χ2v) is 7.08. The smallest absolute Gasteiger partial charge is 0.292 e. The van der Waals surface area contributed by atoms with Crippen LogP contribution in [0.2, 0.25) is 0 Å². The maximum absolute atomic E-state index is 12.8. The van der Waals surface area contributed by atoms with Gasteiger partial charge in [0, 0.05) is 29.6 Å². The van der Waals surface area contributed by atoms with E-state index in [1.807, 2.05) is 29.7 Å². The van der Waals surface area contributed by atoms with Crippen LogP contribution in [0.25, 0.3) is 10.9 Å². The van der Waals surface area contributed by atoms with Crippen molar-refractivity contribution in [3.8, 4) is 11.5 Å². The molecule has 29 heavy (non-hydrogen) atoms. The summed E-state index contributed by atoms with van der Waals surface area (Å²) in [5.74, 6) is 1.07. The summed E-state index contributed by atoms with van der Waals surface area (Å²) in [4.78, 5) is 29.8. The Labute approximate surface area is 168 Å². The van der Waals surface area contributed by atoms with Crippen LogP contribution < -0.4 is 19.7 Å². The summed E-state index contributed by atoms with van der Waals surface area (Å²) in [5, 5.41) is 3.07. The number of anilines is 1. The molecule has 1 fully saturated rings. The highest BCUT2D eigenvalue weighted by atomic mass is 16.5. The third-order valence-electron chi connectivity index (χ3n) is 5.33. The van der Waals surface area contributed by atoms with Crippen molar-refractivity contribution in [3.63, 3.8) is 0 Å². The van der Waals surface area contributed by atoms with Crippen LogP contribution >= 0.6 is 0 Å². The Balaban J connectivity index is 1.42. The Bertz CT molecular complexity index is 1060. The Hall–Kier alpha value is -3.32. The molecule has 3 aromatic rings. The van der Waals surface area contributed by atoms with Crippen molar-refractivity contribution in [2.24, 2.45) is 0 Å². The first-order chi connectivity index (χ1) is 14.1. The number of imide groups is 1. The molecule has 1 aliphatic rings. The van der Waals surface area contributed by atoms with Crippen molar-refractivity contribution >= 4 is 28.4 Å². The van der Waals surface area contributed by atoms with Gasteiger partial charge in [-0.1, -0.05) is 6.07 Å². The molecule has 1 atom stereocenters. The molecule has 4 rings (SSSR count). The van der Waals surface area contributed by atoms with Crippen LogP contribution in [0.1, 0.15) is 12.0 Å². The number of nitrogens with one attached hydrogen (secondary N) is 1. The van der Waals surface area contributed by atoms with Crippen LogP contribution in [0.4, 0.5) is 5.69 Å². The first-order valence-corrected chi connectivity index (χ1v) is 9.59. The molecule has 7 heteroatoms. The van der Waals surface area contributed by atoms with Crippen molar-refractivity contribution in [2.45, 2.75) is 18.9 Å². The van der Waals surface area contributed by atoms with Gasteiger partial charge in [0.1, 0.15) is 11.5 Å². The molecule has 1 aromatic heterocycles. The quantitative estimate of drug-likeness (QED) is 0.596. The second kappa shape index (κ2) is 7.97. The molecule has 2 aromatic carbocycles. The van der Waals surface area contributed by atoms with Crippen LogP contribution in [0.5, 0.6) is 11.5 Å². The third kappa shape index (κ3) is 3.69. The van der Waals surface area contributed by atoms with Crippen molar-refractivity contribution in [1.82, 2.24) is 4.98 Å². The molecule has 0 unspecified atom stereocenters. The van der Waals surface area contributed by atoms with Crippen LogP contribution in [0.3, 0.4) is 0 Å². The summed E-state index contributed by atoms with van der Waals surface area (Å²) in [5.41, 5.74) is 2.77. The number of methoxy groups -OCH3 is 2. The van der Waals surface area contributed by atoms with Gasteiger partial charge in [-0.15, -0.1) is 0 Å². The number of H-pyrrole nitrogens is 1. The molecule has 0 radical (unpaired) electrons. The number of hydrogen-bond acceptors (Lipinski definition) is 4. The molecular formula is C22H24N3O4+. The van der Waals surface area contributed by atoms with Crippen molar-refractivity contribution in [2.75, 3.05) is 25.7 Å². The first kappa shape index (κ1) is 19.0. The number of rotatable bonds is 7. The minimum Gasteiger partial charge on any atom is -0.497 e. The molecule has 0 spiro atoms. The molecular weight excluding hydrogens is 370 g/mol. The number of quaternary nitrogens is 1. The third-order valence-corrected chi connectivity index (χ3v) is 5.33. The van der Waals surface area contributed by atoms with Crippen molar-refractivity contribution in [3.05, 3.63) is 54.2 Å². The van der Waals surface area contributed by atoms with E-state index in [2.05, 4.69) is 4.98 Å². The minimum atomic E-state index is -0.395. The second-order valence-electron chi connectivity index (χ2n) is 7.08. The standard InChI is InChI=1S/C22H23N3O4/c1-28-16-5-3-4-15(10-16)25-21(26)12-20(22(25)27)23-9-8-14-13-24-19-7-6-17(29-2)11-18(14)19/h3-7,10-11,13,20,23-24H,8-9,12H2,1-2H3/p+1/t20-/m0/s1. The molecule has 2 amide bonds. The summed E-state index contributed by atoms with van der Waals surface area (Å²) in [6.45, 7) is 0.708. The summed E-state index contributed by atoms with van der Waals surface area (Å²) in [6.07, 6.45) is 2.98. The Morgan fingerprint density at radius 2 is 1.90 bits per heavy atom. The lowest BCUT2D eigenvalue weighted by Crippen LogP contribution is -2.92. The van der Waals surface area contributed by atoms with E-state index >= 15 is 0 Å². The molecule has 3 N–H and O–H groups in total. The van der Waals surface area contributed by atoms with E-state index in [0.717, 1.165) is 28.6 Å². The number of hydrogen-bond donors (Lipinski definition) is 2. The SMILES string of the molecule is COc1cccc(N2C(=O)C[C@H]([NH2+]CCc3c[nH]c4ccc(OC)cc34)C2=O)c1. The molecule has 0 bridgehead atoms. The van der Waals surface area contributed by atoms with E-state index in [9.17, 15) is 9.59 Å². The summed E-state index contributed by atoms with van der Waals surface area (Å²) in [6, 6.07) is 12.5. The zero-order chi connectivity index (χ0) is 20.4. The van der Waals surface area contributed by atoms with Gasteiger partial charge < -0.3 is 19.8 Å². The van der Waals surface area contributed by atoms with E-state index in [1.54, 1.807) is 38.5 Å². The van der Waals surface area contributed by atoms with E-state index in [4.69, 9.17) is 9.47 Å². The molecule has 2 heterocycles. The van der Waals surface area contributed by atoms with Gasteiger partial charge >= 0.3 is 0 Å². The number of benzene rings is 2. The number of fused-ring (bicyclic) bond motifs is 1. The number of nitrogens with two attached hydrogens (primary N) is 1. The molecule has 0 aliphatic carbocycles. The zero-order valence-electron chi connectivity index (χ0n) is 16.5. The lowest BCUT2D eigenvalue weighted by molar-refractivity contribution is -0.674. The Morgan fingerprint density at radius 3 is 2.69 bits per heavy atom. The highest BCUT2D eigenvalue weighted by molar-refractivity contribution is 6.21. The highest BCUT2D eigenvalue weighted by Gasteiger charge is 2.42. The van der Waals surface area contributed by atoms with Gasteiger partial charge in [0.05, 0.1) is 32.9 Å². The van der Waals surface area contributed by atoms with Gasteiger partial charge in [0.25, 0.3) is 5.91 Å². The van der Waals surface area contributed by atoms with Gasteiger partial charge in [-0.3, -0.25) is 9.59 Å². The van der Waals surface area contributed by atoms with E-state index in [1.165, 1.54) is 4.90 Å². The van der Waals surface area contributed by atoms with Gasteiger partial charge in [0.2, 0.25) is 5.91 Å². The predicted octanol–water partition coefficient (Wildman–Crippen LogP) is 1.62. The average Bonchev–Trinajstić information content (AvgIpc) is 3.27. The fraction of sp³-hybridized carbons (Fsp3) is 0.273. The van der Waals surface area contributed by atoms with E-state index < -0.39 is 6.04 Å². The minimum absolute atomic E-state index is 0.177. The van der Waals surface area contributed by atoms with Crippen LogP contribution in [0, 0.1) is 0 Å². The van der Waals surface area contributed by atoms with Gasteiger partial charge in [-0.05, 0) is 35.9 Å². The maximum atomic E-state index is 12.8. The molecule has 1 aliphatic heterocycles. The number of aromatic nitrogens is 1. The number of carbonyl (C=O) groups excluding carboxylic acids is 2. The largest absolute Gasteiger partial charge is 0.497 e. The summed E-state index contributed by atoms with van der Waals surface area (Å²) < 4.78 is 10.5. The number of nitrogens with zero attached hydrogens (tertiary/aromatic N) is 1. The number of carbonyl (C=O) groups is 2. The van der Waals surface area contributed by atoms with Crippen molar-refractivity contribution < 1.29 is 24.4 Å². The normalized spacial score (nSPS) is 16.6. The molecule has 0 saturated carbocycles. The number of amides is 2. The predicted molar refractivity (Wildman–Crippen MR) is 109 cm³/mol. The van der Waals surface area contributed by atoms with E-state index in [0.29, 0.717) is 18.0 Å². The monoisotopic (exact) mass is 394 g/mol. The average molecular weight is 394 g/mol. The zero-order valence-corrected chi connectivity index (χ0v) is 16.5. The Morgan fingerprint density at radius 1 is 1.10 bits per heavy atom. The van der Waals surface area contributed by atoms with Gasteiger partial charge in [0.15, 0.2) is 6.04 Å². The van der Waals surface area contributed by atoms with Gasteiger partial charge in [-0.2, -0.15) is 0 Å². The lowest BCUT2D eigenvalue weighted by Gasteiger charge is -2.15. The van der Waals surface area contributed by atoms with Crippen LogP contribution in [0.15, 0.2) is 48.7 Å². The Kier molecular flexibility index (Phi) is 5.22. The maximum Gasteiger partial charge on any atom is 0.292 e. The highest BCUT2D eigenvalue weighted by Crippen LogP contribution is 2.26. The van der Waals surface area contributed by atoms with Gasteiger partial charge in [-0.25, -0.2) is 4.90 Å². The molecule has 1 saturated heterocycles.